The first kappa shape index (κ1) is 12.3. The van der Waals surface area contributed by atoms with Gasteiger partial charge in [0.1, 0.15) is 11.2 Å². The van der Waals surface area contributed by atoms with Crippen LogP contribution in [0.1, 0.15) is 11.1 Å². The predicted octanol–water partition coefficient (Wildman–Crippen LogP) is 3.23. The minimum absolute atomic E-state index is 0.283. The van der Waals surface area contributed by atoms with Gasteiger partial charge in [-0.05, 0) is 48.6 Å². The minimum atomic E-state index is 0.283. The van der Waals surface area contributed by atoms with Crippen molar-refractivity contribution in [1.29, 1.82) is 0 Å². The Morgan fingerprint density at radius 3 is 2.81 bits per heavy atom. The number of anilines is 1. The average molecular weight is 295 g/mol. The van der Waals surface area contributed by atoms with Crippen LogP contribution in [0.3, 0.4) is 0 Å². The molecule has 0 saturated heterocycles. The maximum atomic E-state index is 5.84. The molecule has 1 aromatic carbocycles. The highest BCUT2D eigenvalue weighted by Crippen LogP contribution is 2.28. The number of benzene rings is 1. The van der Waals surface area contributed by atoms with Crippen molar-refractivity contribution in [1.82, 2.24) is 19.5 Å². The van der Waals surface area contributed by atoms with Gasteiger partial charge in [-0.25, -0.2) is 9.97 Å². The Balaban J connectivity index is 2.09. The van der Waals surface area contributed by atoms with Crippen molar-refractivity contribution < 1.29 is 0 Å². The highest BCUT2D eigenvalue weighted by Gasteiger charge is 2.13. The number of nitrogen functional groups attached to an aromatic ring is 1. The van der Waals surface area contributed by atoms with Crippen LogP contribution in [0, 0.1) is 13.8 Å². The normalized spacial score (nSPS) is 11.5. The lowest BCUT2D eigenvalue weighted by molar-refractivity contribution is 1.03. The summed E-state index contributed by atoms with van der Waals surface area (Å²) >= 11 is 1.56. The molecule has 4 aromatic rings. The van der Waals surface area contributed by atoms with Crippen molar-refractivity contribution in [2.75, 3.05) is 5.73 Å². The Bertz CT molecular complexity index is 982. The summed E-state index contributed by atoms with van der Waals surface area (Å²) in [7, 11) is 0. The van der Waals surface area contributed by atoms with E-state index in [1.807, 2.05) is 16.0 Å². The van der Waals surface area contributed by atoms with Crippen LogP contribution >= 0.6 is 11.3 Å². The number of rotatable bonds is 1. The molecule has 104 valence electrons. The Morgan fingerprint density at radius 1 is 1.14 bits per heavy atom. The van der Waals surface area contributed by atoms with Gasteiger partial charge in [-0.2, -0.15) is 4.98 Å². The second-order valence-electron chi connectivity index (χ2n) is 5.08. The molecule has 4 rings (SSSR count). The molecule has 0 bridgehead atoms. The zero-order valence-electron chi connectivity index (χ0n) is 11.7. The lowest BCUT2D eigenvalue weighted by Gasteiger charge is -2.07. The first-order chi connectivity index (χ1) is 10.1. The van der Waals surface area contributed by atoms with Crippen LogP contribution in [0.5, 0.6) is 0 Å². The lowest BCUT2D eigenvalue weighted by Crippen LogP contribution is -2.02. The van der Waals surface area contributed by atoms with Gasteiger partial charge in [-0.15, -0.1) is 11.3 Å². The number of nitrogens with two attached hydrogens (primary N) is 1. The quantitative estimate of drug-likeness (QED) is 0.585. The maximum Gasteiger partial charge on any atom is 0.223 e. The van der Waals surface area contributed by atoms with Crippen molar-refractivity contribution in [2.45, 2.75) is 13.8 Å². The third-order valence-corrected chi connectivity index (χ3v) is 4.52. The fourth-order valence-corrected chi connectivity index (χ4v) is 3.24. The number of nitrogens with zero attached hydrogens (tertiary/aromatic N) is 4. The summed E-state index contributed by atoms with van der Waals surface area (Å²) in [5.74, 6) is 1.06. The van der Waals surface area contributed by atoms with Gasteiger partial charge in [0.25, 0.3) is 0 Å². The smallest absolute Gasteiger partial charge is 0.223 e. The van der Waals surface area contributed by atoms with Gasteiger partial charge < -0.3 is 5.73 Å². The van der Waals surface area contributed by atoms with Crippen LogP contribution in [0.25, 0.3) is 27.1 Å². The first-order valence-corrected chi connectivity index (χ1v) is 7.47. The van der Waals surface area contributed by atoms with Gasteiger partial charge in [-0.1, -0.05) is 0 Å². The highest BCUT2D eigenvalue weighted by molar-refractivity contribution is 7.16. The second kappa shape index (κ2) is 4.26. The van der Waals surface area contributed by atoms with E-state index in [0.717, 1.165) is 27.1 Å². The fourth-order valence-electron chi connectivity index (χ4n) is 2.47. The van der Waals surface area contributed by atoms with E-state index < -0.39 is 0 Å². The zero-order valence-corrected chi connectivity index (χ0v) is 12.5. The van der Waals surface area contributed by atoms with Gasteiger partial charge in [0, 0.05) is 0 Å². The van der Waals surface area contributed by atoms with Gasteiger partial charge in [0.2, 0.25) is 5.95 Å². The van der Waals surface area contributed by atoms with Gasteiger partial charge >= 0.3 is 0 Å². The molecule has 0 atom stereocenters. The van der Waals surface area contributed by atoms with Crippen molar-refractivity contribution >= 4 is 38.5 Å². The first-order valence-electron chi connectivity index (χ1n) is 6.59. The Hall–Kier alpha value is -2.47. The van der Waals surface area contributed by atoms with Crippen LogP contribution in [0.4, 0.5) is 5.95 Å². The number of hydrogen-bond acceptors (Lipinski definition) is 5. The summed E-state index contributed by atoms with van der Waals surface area (Å²) in [5, 5.41) is 2.99. The van der Waals surface area contributed by atoms with Gasteiger partial charge in [-0.3, -0.25) is 4.57 Å². The van der Waals surface area contributed by atoms with Crippen LogP contribution in [0.2, 0.25) is 0 Å². The van der Waals surface area contributed by atoms with Crippen LogP contribution in [0.15, 0.2) is 29.9 Å². The van der Waals surface area contributed by atoms with Crippen molar-refractivity contribution in [2.24, 2.45) is 0 Å². The topological polar surface area (TPSA) is 69.6 Å². The zero-order chi connectivity index (χ0) is 14.6. The number of aromatic nitrogens is 4. The Labute approximate surface area is 125 Å². The monoisotopic (exact) mass is 295 g/mol. The van der Waals surface area contributed by atoms with Crippen molar-refractivity contribution in [3.05, 3.63) is 41.0 Å². The summed E-state index contributed by atoms with van der Waals surface area (Å²) in [6.45, 7) is 4.19. The molecule has 0 aliphatic carbocycles. The molecular weight excluding hydrogens is 282 g/mol. The number of imidazole rings is 1. The molecule has 0 aliphatic heterocycles. The van der Waals surface area contributed by atoms with Crippen LogP contribution in [-0.4, -0.2) is 19.5 Å². The minimum Gasteiger partial charge on any atom is -0.368 e. The number of aryl methyl sites for hydroxylation is 2. The SMILES string of the molecule is Cc1cc2ncn(-c3nc(N)nc4sccc34)c2cc1C. The third-order valence-electron chi connectivity index (χ3n) is 3.71. The summed E-state index contributed by atoms with van der Waals surface area (Å²) in [5.41, 5.74) is 10.3. The molecule has 21 heavy (non-hydrogen) atoms. The van der Waals surface area contributed by atoms with E-state index in [9.17, 15) is 0 Å². The summed E-state index contributed by atoms with van der Waals surface area (Å²) < 4.78 is 1.98. The predicted molar refractivity (Wildman–Crippen MR) is 85.9 cm³/mol. The number of thiophene rings is 1. The summed E-state index contributed by atoms with van der Waals surface area (Å²) in [6.07, 6.45) is 1.79. The molecule has 0 unspecified atom stereocenters. The second-order valence-corrected chi connectivity index (χ2v) is 5.98. The van der Waals surface area contributed by atoms with E-state index in [4.69, 9.17) is 5.73 Å². The molecule has 0 saturated carbocycles. The molecule has 5 nitrogen and oxygen atoms in total. The number of fused-ring (bicyclic) bond motifs is 2. The van der Waals surface area contributed by atoms with E-state index in [-0.39, 0.29) is 5.95 Å². The van der Waals surface area contributed by atoms with Crippen LogP contribution < -0.4 is 5.73 Å². The Kier molecular flexibility index (Phi) is 2.49. The molecular formula is C15H13N5S. The molecule has 0 spiro atoms. The molecule has 3 heterocycles. The largest absolute Gasteiger partial charge is 0.368 e. The Morgan fingerprint density at radius 2 is 1.95 bits per heavy atom. The summed E-state index contributed by atoms with van der Waals surface area (Å²) in [4.78, 5) is 14.1. The maximum absolute atomic E-state index is 5.84. The molecule has 0 aliphatic rings. The van der Waals surface area contributed by atoms with Gasteiger partial charge in [0.15, 0.2) is 5.82 Å². The molecule has 6 heteroatoms. The molecule has 2 N–H and O–H groups in total. The fraction of sp³-hybridized carbons (Fsp3) is 0.133. The van der Waals surface area contributed by atoms with E-state index >= 15 is 0 Å². The molecule has 0 fully saturated rings. The van der Waals surface area contributed by atoms with E-state index in [2.05, 4.69) is 40.9 Å². The van der Waals surface area contributed by atoms with Gasteiger partial charge in [0.05, 0.1) is 16.4 Å². The molecule has 3 aromatic heterocycles. The standard InChI is InChI=1S/C15H13N5S/c1-8-5-11-12(6-9(8)2)20(7-17-11)13-10-3-4-21-14(10)19-15(16)18-13/h3-7H,1-2H3,(H2,16,18,19). The van der Waals surface area contributed by atoms with Crippen molar-refractivity contribution in [3.8, 4) is 5.82 Å². The molecule has 0 amide bonds. The van der Waals surface area contributed by atoms with Crippen LogP contribution in [-0.2, 0) is 0 Å². The van der Waals surface area contributed by atoms with E-state index in [1.54, 1.807) is 17.7 Å². The van der Waals surface area contributed by atoms with E-state index in [1.165, 1.54) is 11.1 Å². The lowest BCUT2D eigenvalue weighted by atomic mass is 10.1. The summed E-state index contributed by atoms with van der Waals surface area (Å²) in [6, 6.07) is 6.24. The van der Waals surface area contributed by atoms with Crippen molar-refractivity contribution in [3.63, 3.8) is 0 Å². The highest BCUT2D eigenvalue weighted by atomic mass is 32.1. The van der Waals surface area contributed by atoms with E-state index in [0.29, 0.717) is 0 Å². The number of hydrogen-bond donors (Lipinski definition) is 1. The third kappa shape index (κ3) is 1.80. The molecule has 0 radical (unpaired) electrons. The average Bonchev–Trinajstić information content (AvgIpc) is 3.05.